The van der Waals surface area contributed by atoms with Gasteiger partial charge < -0.3 is 10.1 Å². The number of benzene rings is 1. The predicted octanol–water partition coefficient (Wildman–Crippen LogP) is 2.39. The fourth-order valence-corrected chi connectivity index (χ4v) is 4.50. The molecule has 1 N–H and O–H groups in total. The number of thiophene rings is 1. The second kappa shape index (κ2) is 7.94. The van der Waals surface area contributed by atoms with Crippen LogP contribution in [0, 0.1) is 5.82 Å². The topological polar surface area (TPSA) is 75.7 Å². The van der Waals surface area contributed by atoms with Gasteiger partial charge in [0, 0.05) is 7.05 Å². The number of sulfonamides is 1. The Labute approximate surface area is 150 Å². The van der Waals surface area contributed by atoms with Gasteiger partial charge in [0.25, 0.3) is 10.0 Å². The highest BCUT2D eigenvalue weighted by molar-refractivity contribution is 7.91. The van der Waals surface area contributed by atoms with Gasteiger partial charge in [0.2, 0.25) is 5.91 Å². The van der Waals surface area contributed by atoms with Crippen LogP contribution in [0.2, 0.25) is 0 Å². The van der Waals surface area contributed by atoms with Crippen LogP contribution in [0.5, 0.6) is 5.75 Å². The van der Waals surface area contributed by atoms with Crippen LogP contribution in [0.4, 0.5) is 4.39 Å². The van der Waals surface area contributed by atoms with Gasteiger partial charge >= 0.3 is 0 Å². The maximum Gasteiger partial charge on any atom is 0.252 e. The lowest BCUT2D eigenvalue weighted by molar-refractivity contribution is -0.121. The van der Waals surface area contributed by atoms with E-state index in [0.29, 0.717) is 5.56 Å². The van der Waals surface area contributed by atoms with E-state index in [4.69, 9.17) is 4.74 Å². The van der Waals surface area contributed by atoms with Crippen LogP contribution in [0.1, 0.15) is 18.5 Å². The van der Waals surface area contributed by atoms with E-state index in [0.717, 1.165) is 15.6 Å². The first-order valence-corrected chi connectivity index (χ1v) is 9.70. The summed E-state index contributed by atoms with van der Waals surface area (Å²) in [6.45, 7) is 1.36. The molecular formula is C16H19FN2O4S2. The Hall–Kier alpha value is -1.97. The third kappa shape index (κ3) is 4.56. The molecule has 1 heterocycles. The highest BCUT2D eigenvalue weighted by Crippen LogP contribution is 2.22. The van der Waals surface area contributed by atoms with Gasteiger partial charge in [-0.3, -0.25) is 4.79 Å². The number of ether oxygens (including phenoxy) is 1. The maximum absolute atomic E-state index is 13.7. The molecule has 0 aliphatic heterocycles. The number of methoxy groups -OCH3 is 1. The number of carbonyl (C=O) groups excluding carboxylic acids is 1. The molecule has 2 rings (SSSR count). The van der Waals surface area contributed by atoms with Gasteiger partial charge in [-0.2, -0.15) is 4.31 Å². The zero-order valence-electron chi connectivity index (χ0n) is 14.0. The SMILES string of the molecule is COc1ccc(C(C)NC(=O)CN(C)S(=O)(=O)c2cccs2)cc1F. The lowest BCUT2D eigenvalue weighted by Crippen LogP contribution is -2.39. The second-order valence-corrected chi connectivity index (χ2v) is 8.60. The van der Waals surface area contributed by atoms with Gasteiger partial charge in [0.1, 0.15) is 4.21 Å². The number of hydrogen-bond acceptors (Lipinski definition) is 5. The van der Waals surface area contributed by atoms with Crippen molar-refractivity contribution in [3.8, 4) is 5.75 Å². The predicted molar refractivity (Wildman–Crippen MR) is 93.6 cm³/mol. The average Bonchev–Trinajstić information content (AvgIpc) is 3.09. The molecule has 1 unspecified atom stereocenters. The van der Waals surface area contributed by atoms with Gasteiger partial charge in [-0.05, 0) is 36.1 Å². The summed E-state index contributed by atoms with van der Waals surface area (Å²) in [7, 11) is -0.985. The van der Waals surface area contributed by atoms with Gasteiger partial charge in [0.15, 0.2) is 11.6 Å². The fourth-order valence-electron chi connectivity index (χ4n) is 2.17. The highest BCUT2D eigenvalue weighted by Gasteiger charge is 2.24. The lowest BCUT2D eigenvalue weighted by atomic mass is 10.1. The van der Waals surface area contributed by atoms with E-state index in [1.54, 1.807) is 24.4 Å². The Morgan fingerprint density at radius 2 is 2.12 bits per heavy atom. The lowest BCUT2D eigenvalue weighted by Gasteiger charge is -2.19. The molecule has 0 saturated carbocycles. The Bertz CT molecular complexity index is 838. The van der Waals surface area contributed by atoms with Crippen molar-refractivity contribution in [1.82, 2.24) is 9.62 Å². The summed E-state index contributed by atoms with van der Waals surface area (Å²) in [5.41, 5.74) is 0.551. The largest absolute Gasteiger partial charge is 0.494 e. The molecule has 0 fully saturated rings. The first kappa shape index (κ1) is 19.4. The van der Waals surface area contributed by atoms with Crippen LogP contribution >= 0.6 is 11.3 Å². The smallest absolute Gasteiger partial charge is 0.252 e. The van der Waals surface area contributed by atoms with Crippen molar-refractivity contribution < 1.29 is 22.3 Å². The summed E-state index contributed by atoms with van der Waals surface area (Å²) in [6.07, 6.45) is 0. The Kier molecular flexibility index (Phi) is 6.15. The molecule has 1 atom stereocenters. The molecule has 0 spiro atoms. The first-order chi connectivity index (χ1) is 11.8. The van der Waals surface area contributed by atoms with Crippen LogP contribution < -0.4 is 10.1 Å². The normalized spacial score (nSPS) is 12.8. The molecule has 136 valence electrons. The minimum atomic E-state index is -3.69. The van der Waals surface area contributed by atoms with E-state index in [-0.39, 0.29) is 16.5 Å². The minimum Gasteiger partial charge on any atom is -0.494 e. The van der Waals surface area contributed by atoms with E-state index in [9.17, 15) is 17.6 Å². The fraction of sp³-hybridized carbons (Fsp3) is 0.312. The second-order valence-electron chi connectivity index (χ2n) is 5.38. The van der Waals surface area contributed by atoms with Crippen LogP contribution in [0.3, 0.4) is 0 Å². The number of hydrogen-bond donors (Lipinski definition) is 1. The molecular weight excluding hydrogens is 367 g/mol. The molecule has 6 nitrogen and oxygen atoms in total. The summed E-state index contributed by atoms with van der Waals surface area (Å²) in [5, 5.41) is 4.31. The van der Waals surface area contributed by atoms with Crippen molar-refractivity contribution in [2.45, 2.75) is 17.2 Å². The quantitative estimate of drug-likeness (QED) is 0.793. The molecule has 25 heavy (non-hydrogen) atoms. The zero-order chi connectivity index (χ0) is 18.6. The molecule has 1 aromatic heterocycles. The summed E-state index contributed by atoms with van der Waals surface area (Å²) in [6, 6.07) is 7.02. The van der Waals surface area contributed by atoms with Crippen molar-refractivity contribution in [3.05, 3.63) is 47.1 Å². The highest BCUT2D eigenvalue weighted by atomic mass is 32.2. The first-order valence-electron chi connectivity index (χ1n) is 7.38. The van der Waals surface area contributed by atoms with Crippen molar-refractivity contribution >= 4 is 27.3 Å². The van der Waals surface area contributed by atoms with E-state index >= 15 is 0 Å². The third-order valence-corrected chi connectivity index (χ3v) is 6.76. The molecule has 1 amide bonds. The monoisotopic (exact) mass is 386 g/mol. The summed E-state index contributed by atoms with van der Waals surface area (Å²) >= 11 is 1.09. The molecule has 0 radical (unpaired) electrons. The van der Waals surface area contributed by atoms with Crippen LogP contribution in [-0.4, -0.2) is 39.3 Å². The van der Waals surface area contributed by atoms with Crippen molar-refractivity contribution in [1.29, 1.82) is 0 Å². The number of likely N-dealkylation sites (N-methyl/N-ethyl adjacent to an activating group) is 1. The van der Waals surface area contributed by atoms with Crippen LogP contribution in [0.25, 0.3) is 0 Å². The molecule has 2 aromatic rings. The number of nitrogens with one attached hydrogen (secondary N) is 1. The van der Waals surface area contributed by atoms with Gasteiger partial charge in [-0.1, -0.05) is 12.1 Å². The van der Waals surface area contributed by atoms with Crippen molar-refractivity contribution in [3.63, 3.8) is 0 Å². The Morgan fingerprint density at radius 3 is 2.68 bits per heavy atom. The van der Waals surface area contributed by atoms with E-state index in [1.807, 2.05) is 0 Å². The number of nitrogens with zero attached hydrogens (tertiary/aromatic N) is 1. The zero-order valence-corrected chi connectivity index (χ0v) is 15.7. The number of amides is 1. The standard InChI is InChI=1S/C16H19FN2O4S2/c1-11(12-6-7-14(23-3)13(17)9-12)18-15(20)10-19(2)25(21,22)16-5-4-8-24-16/h4-9,11H,10H2,1-3H3,(H,18,20). The van der Waals surface area contributed by atoms with Crippen molar-refractivity contribution in [2.75, 3.05) is 20.7 Å². The average molecular weight is 386 g/mol. The molecule has 0 aliphatic carbocycles. The van der Waals surface area contributed by atoms with E-state index < -0.39 is 27.8 Å². The third-order valence-electron chi connectivity index (χ3n) is 3.58. The van der Waals surface area contributed by atoms with E-state index in [2.05, 4.69) is 5.32 Å². The Balaban J connectivity index is 2.01. The molecule has 0 bridgehead atoms. The van der Waals surface area contributed by atoms with Crippen molar-refractivity contribution in [2.24, 2.45) is 0 Å². The Morgan fingerprint density at radius 1 is 1.40 bits per heavy atom. The maximum atomic E-state index is 13.7. The molecule has 0 aliphatic rings. The van der Waals surface area contributed by atoms with Gasteiger partial charge in [0.05, 0.1) is 19.7 Å². The van der Waals surface area contributed by atoms with E-state index in [1.165, 1.54) is 32.4 Å². The molecule has 1 aromatic carbocycles. The van der Waals surface area contributed by atoms with Gasteiger partial charge in [-0.15, -0.1) is 11.3 Å². The summed E-state index contributed by atoms with van der Waals surface area (Å²) in [5.74, 6) is -0.895. The van der Waals surface area contributed by atoms with Crippen LogP contribution in [-0.2, 0) is 14.8 Å². The summed E-state index contributed by atoms with van der Waals surface area (Å²) < 4.78 is 44.3. The molecule has 9 heteroatoms. The van der Waals surface area contributed by atoms with Crippen LogP contribution in [0.15, 0.2) is 39.9 Å². The summed E-state index contributed by atoms with van der Waals surface area (Å²) in [4.78, 5) is 12.1. The molecule has 0 saturated heterocycles. The minimum absolute atomic E-state index is 0.115. The number of carbonyl (C=O) groups is 1. The number of rotatable bonds is 7. The number of halogens is 1. The van der Waals surface area contributed by atoms with Gasteiger partial charge in [-0.25, -0.2) is 12.8 Å².